The normalized spacial score (nSPS) is 10.2. The molecule has 0 amide bonds. The second kappa shape index (κ2) is 4.89. The minimum atomic E-state index is 1.23. The Morgan fingerprint density at radius 1 is 0.500 bits per heavy atom. The Kier molecular flexibility index (Phi) is 2.93. The Morgan fingerprint density at radius 3 is 1.61 bits per heavy atom. The van der Waals surface area contributed by atoms with E-state index in [2.05, 4.69) is 66.7 Å². The molecule has 0 atom stereocenters. The Bertz CT molecular complexity index is 566. The topological polar surface area (TPSA) is 0 Å². The monoisotopic (exact) mass is 229 g/mol. The van der Waals surface area contributed by atoms with Gasteiger partial charge in [0.15, 0.2) is 0 Å². The summed E-state index contributed by atoms with van der Waals surface area (Å²) < 4.78 is 0. The van der Waals surface area contributed by atoms with E-state index in [1.807, 2.05) is 18.2 Å². The van der Waals surface area contributed by atoms with E-state index in [9.17, 15) is 0 Å². The van der Waals surface area contributed by atoms with Gasteiger partial charge in [-0.1, -0.05) is 78.9 Å². The van der Waals surface area contributed by atoms with Crippen LogP contribution in [0.2, 0.25) is 0 Å². The van der Waals surface area contributed by atoms with E-state index in [4.69, 9.17) is 0 Å². The molecule has 0 unspecified atom stereocenters. The molecular formula is C18H13. The van der Waals surface area contributed by atoms with E-state index < -0.39 is 0 Å². The van der Waals surface area contributed by atoms with Gasteiger partial charge in [0, 0.05) is 0 Å². The van der Waals surface area contributed by atoms with Crippen molar-refractivity contribution < 1.29 is 0 Å². The average molecular weight is 229 g/mol. The predicted octanol–water partition coefficient (Wildman–Crippen LogP) is 4.82. The summed E-state index contributed by atoms with van der Waals surface area (Å²) in [6, 6.07) is 30.2. The molecule has 3 rings (SSSR count). The second-order valence-corrected chi connectivity index (χ2v) is 4.20. The van der Waals surface area contributed by atoms with Gasteiger partial charge >= 0.3 is 0 Å². The fraction of sp³-hybridized carbons (Fsp3) is 0. The molecule has 0 heterocycles. The van der Waals surface area contributed by atoms with Crippen LogP contribution in [0.25, 0.3) is 22.3 Å². The van der Waals surface area contributed by atoms with Crippen LogP contribution < -0.4 is 0 Å². The van der Waals surface area contributed by atoms with Gasteiger partial charge in [-0.15, -0.1) is 0 Å². The minimum absolute atomic E-state index is 1.23. The molecule has 0 N–H and O–H groups in total. The number of hydrogen-bond acceptors (Lipinski definition) is 0. The Hall–Kier alpha value is -2.34. The summed E-state index contributed by atoms with van der Waals surface area (Å²) in [4.78, 5) is 0. The first kappa shape index (κ1) is 10.8. The van der Waals surface area contributed by atoms with E-state index >= 15 is 0 Å². The standard InChI is InChI=1S/C18H13/c1-3-9-15(10-4-1)17-13-7-8-14-18(17)16-11-5-2-6-12-16/h1,3-14H. The van der Waals surface area contributed by atoms with Crippen molar-refractivity contribution in [2.45, 2.75) is 0 Å². The molecule has 3 aromatic carbocycles. The van der Waals surface area contributed by atoms with Crippen LogP contribution in [0.1, 0.15) is 0 Å². The fourth-order valence-corrected chi connectivity index (χ4v) is 2.17. The lowest BCUT2D eigenvalue weighted by Gasteiger charge is -2.09. The van der Waals surface area contributed by atoms with Gasteiger partial charge in [0.1, 0.15) is 0 Å². The van der Waals surface area contributed by atoms with Gasteiger partial charge in [-0.3, -0.25) is 0 Å². The number of rotatable bonds is 2. The molecule has 0 aliphatic rings. The first-order chi connectivity index (χ1) is 8.95. The maximum absolute atomic E-state index is 3.06. The van der Waals surface area contributed by atoms with Crippen LogP contribution in [0.4, 0.5) is 0 Å². The molecular weight excluding hydrogens is 216 g/mol. The molecule has 1 radical (unpaired) electrons. The maximum atomic E-state index is 3.06. The summed E-state index contributed by atoms with van der Waals surface area (Å²) in [6.45, 7) is 0. The summed E-state index contributed by atoms with van der Waals surface area (Å²) in [6.07, 6.45) is 0. The molecule has 0 nitrogen and oxygen atoms in total. The van der Waals surface area contributed by atoms with Crippen LogP contribution >= 0.6 is 0 Å². The van der Waals surface area contributed by atoms with Gasteiger partial charge in [0.2, 0.25) is 0 Å². The van der Waals surface area contributed by atoms with E-state index in [-0.39, 0.29) is 0 Å². The Labute approximate surface area is 108 Å². The smallest absolute Gasteiger partial charge is 0.0105 e. The van der Waals surface area contributed by atoms with Crippen molar-refractivity contribution >= 4 is 0 Å². The highest BCUT2D eigenvalue weighted by molar-refractivity contribution is 5.83. The van der Waals surface area contributed by atoms with Crippen LogP contribution in [-0.2, 0) is 0 Å². The van der Waals surface area contributed by atoms with Crippen molar-refractivity contribution in [2.24, 2.45) is 0 Å². The number of hydrogen-bond donors (Lipinski definition) is 0. The quantitative estimate of drug-likeness (QED) is 0.591. The van der Waals surface area contributed by atoms with Crippen molar-refractivity contribution in [3.63, 3.8) is 0 Å². The van der Waals surface area contributed by atoms with Crippen LogP contribution in [0.15, 0.2) is 78.9 Å². The summed E-state index contributed by atoms with van der Waals surface area (Å²) in [5.74, 6) is 0. The summed E-state index contributed by atoms with van der Waals surface area (Å²) in [5, 5.41) is 0. The van der Waals surface area contributed by atoms with Gasteiger partial charge in [-0.25, -0.2) is 0 Å². The molecule has 3 aromatic rings. The first-order valence-corrected chi connectivity index (χ1v) is 6.06. The third-order valence-electron chi connectivity index (χ3n) is 3.04. The highest BCUT2D eigenvalue weighted by Crippen LogP contribution is 2.31. The lowest BCUT2D eigenvalue weighted by Crippen LogP contribution is -1.84. The molecule has 0 saturated carbocycles. The van der Waals surface area contributed by atoms with Gasteiger partial charge in [-0.2, -0.15) is 0 Å². The highest BCUT2D eigenvalue weighted by atomic mass is 14.1. The van der Waals surface area contributed by atoms with Gasteiger partial charge in [0.25, 0.3) is 0 Å². The molecule has 0 saturated heterocycles. The zero-order chi connectivity index (χ0) is 12.2. The SMILES string of the molecule is [c]1ccc(-c2ccccc2-c2ccccc2)cc1. The summed E-state index contributed by atoms with van der Waals surface area (Å²) in [7, 11) is 0. The van der Waals surface area contributed by atoms with Crippen LogP contribution in [0, 0.1) is 6.07 Å². The number of benzene rings is 3. The van der Waals surface area contributed by atoms with E-state index in [1.54, 1.807) is 0 Å². The van der Waals surface area contributed by atoms with Crippen LogP contribution in [0.3, 0.4) is 0 Å². The predicted molar refractivity (Wildman–Crippen MR) is 76.2 cm³/mol. The van der Waals surface area contributed by atoms with E-state index in [0.29, 0.717) is 0 Å². The molecule has 0 bridgehead atoms. The average Bonchev–Trinajstić information content (AvgIpc) is 2.49. The Balaban J connectivity index is 2.18. The van der Waals surface area contributed by atoms with Crippen LogP contribution in [0.5, 0.6) is 0 Å². The van der Waals surface area contributed by atoms with Gasteiger partial charge in [-0.05, 0) is 28.3 Å². The zero-order valence-corrected chi connectivity index (χ0v) is 10.0. The fourth-order valence-electron chi connectivity index (χ4n) is 2.17. The summed E-state index contributed by atoms with van der Waals surface area (Å²) in [5.41, 5.74) is 5.01. The van der Waals surface area contributed by atoms with Crippen molar-refractivity contribution in [3.05, 3.63) is 84.9 Å². The Morgan fingerprint density at radius 2 is 1.00 bits per heavy atom. The minimum Gasteiger partial charge on any atom is -0.0622 e. The van der Waals surface area contributed by atoms with Crippen molar-refractivity contribution in [3.8, 4) is 22.3 Å². The second-order valence-electron chi connectivity index (χ2n) is 4.20. The first-order valence-electron chi connectivity index (χ1n) is 6.06. The zero-order valence-electron chi connectivity index (χ0n) is 10.0. The van der Waals surface area contributed by atoms with E-state index in [1.165, 1.54) is 22.3 Å². The van der Waals surface area contributed by atoms with Crippen molar-refractivity contribution in [1.29, 1.82) is 0 Å². The highest BCUT2D eigenvalue weighted by Gasteiger charge is 2.05. The lowest BCUT2D eigenvalue weighted by atomic mass is 9.95. The van der Waals surface area contributed by atoms with Gasteiger partial charge < -0.3 is 0 Å². The molecule has 85 valence electrons. The lowest BCUT2D eigenvalue weighted by molar-refractivity contribution is 1.58. The molecule has 18 heavy (non-hydrogen) atoms. The van der Waals surface area contributed by atoms with Gasteiger partial charge in [0.05, 0.1) is 0 Å². The third-order valence-corrected chi connectivity index (χ3v) is 3.04. The van der Waals surface area contributed by atoms with E-state index in [0.717, 1.165) is 0 Å². The maximum Gasteiger partial charge on any atom is -0.0105 e. The largest absolute Gasteiger partial charge is 0.0622 e. The molecule has 0 heteroatoms. The van der Waals surface area contributed by atoms with Crippen molar-refractivity contribution in [1.82, 2.24) is 0 Å². The molecule has 0 spiro atoms. The molecule has 0 aromatic heterocycles. The molecule has 0 aliphatic heterocycles. The molecule has 0 fully saturated rings. The van der Waals surface area contributed by atoms with Crippen molar-refractivity contribution in [2.75, 3.05) is 0 Å². The van der Waals surface area contributed by atoms with Crippen LogP contribution in [-0.4, -0.2) is 0 Å². The molecule has 0 aliphatic carbocycles. The third kappa shape index (κ3) is 2.05. The summed E-state index contributed by atoms with van der Waals surface area (Å²) >= 11 is 0.